The van der Waals surface area contributed by atoms with Gasteiger partial charge >= 0.3 is 5.97 Å². The van der Waals surface area contributed by atoms with Gasteiger partial charge in [0, 0.05) is 10.9 Å². The van der Waals surface area contributed by atoms with E-state index >= 15 is 0 Å². The molecular weight excluding hydrogens is 358 g/mol. The lowest BCUT2D eigenvalue weighted by Gasteiger charge is -2.15. The van der Waals surface area contributed by atoms with Gasteiger partial charge in [-0.05, 0) is 42.2 Å². The monoisotopic (exact) mass is 375 g/mol. The van der Waals surface area contributed by atoms with E-state index in [4.69, 9.17) is 21.1 Å². The number of carbonyl (C=O) groups excluding carboxylic acids is 1. The van der Waals surface area contributed by atoms with Crippen LogP contribution in [0.4, 0.5) is 5.69 Å². The van der Waals surface area contributed by atoms with Crippen molar-refractivity contribution in [3.63, 3.8) is 0 Å². The molecule has 2 atom stereocenters. The quantitative estimate of drug-likeness (QED) is 0.802. The second-order valence-corrected chi connectivity index (χ2v) is 6.49. The van der Waals surface area contributed by atoms with Crippen LogP contribution in [0, 0.1) is 5.92 Å². The van der Waals surface area contributed by atoms with E-state index in [1.807, 2.05) is 18.2 Å². The summed E-state index contributed by atoms with van der Waals surface area (Å²) in [5, 5.41) is 12.6. The van der Waals surface area contributed by atoms with Gasteiger partial charge in [-0.1, -0.05) is 23.7 Å². The van der Waals surface area contributed by atoms with Crippen molar-refractivity contribution in [1.82, 2.24) is 0 Å². The highest BCUT2D eigenvalue weighted by molar-refractivity contribution is 6.30. The molecule has 1 saturated carbocycles. The molecule has 0 spiro atoms. The van der Waals surface area contributed by atoms with E-state index in [0.717, 1.165) is 5.56 Å². The van der Waals surface area contributed by atoms with Gasteiger partial charge in [-0.3, -0.25) is 4.79 Å². The molecule has 2 aromatic rings. The van der Waals surface area contributed by atoms with Crippen molar-refractivity contribution in [1.29, 1.82) is 0 Å². The summed E-state index contributed by atoms with van der Waals surface area (Å²) in [6.45, 7) is 0. The molecule has 2 aromatic carbocycles. The van der Waals surface area contributed by atoms with Crippen molar-refractivity contribution in [3.8, 4) is 11.5 Å². The van der Waals surface area contributed by atoms with Crippen molar-refractivity contribution in [2.24, 2.45) is 5.92 Å². The van der Waals surface area contributed by atoms with E-state index in [0.29, 0.717) is 11.4 Å². The number of carboxylic acid groups (broad SMARTS) is 1. The fourth-order valence-corrected chi connectivity index (χ4v) is 3.20. The number of hydrogen-bond acceptors (Lipinski definition) is 4. The average molecular weight is 376 g/mol. The number of carboxylic acids is 1. The average Bonchev–Trinajstić information content (AvgIpc) is 3.41. The number of ether oxygens (including phenoxy) is 2. The maximum atomic E-state index is 12.6. The second-order valence-electron chi connectivity index (χ2n) is 6.06. The first-order chi connectivity index (χ1) is 12.4. The number of hydrogen-bond donors (Lipinski definition) is 2. The molecule has 3 rings (SSSR count). The molecule has 2 N–H and O–H groups in total. The third-order valence-corrected chi connectivity index (χ3v) is 4.62. The van der Waals surface area contributed by atoms with Crippen molar-refractivity contribution < 1.29 is 24.2 Å². The topological polar surface area (TPSA) is 84.9 Å². The number of aromatic carboxylic acids is 1. The fourth-order valence-electron chi connectivity index (χ4n) is 3.00. The van der Waals surface area contributed by atoms with Gasteiger partial charge in [0.05, 0.1) is 25.5 Å². The normalized spacial score (nSPS) is 18.1. The predicted molar refractivity (Wildman–Crippen MR) is 97.4 cm³/mol. The molecule has 7 heteroatoms. The molecular formula is C19H18ClNO5. The van der Waals surface area contributed by atoms with Crippen LogP contribution >= 0.6 is 11.6 Å². The van der Waals surface area contributed by atoms with Gasteiger partial charge in [-0.15, -0.1) is 0 Å². The zero-order valence-corrected chi connectivity index (χ0v) is 15.0. The lowest BCUT2D eigenvalue weighted by Crippen LogP contribution is -2.16. The Balaban J connectivity index is 1.81. The third-order valence-electron chi connectivity index (χ3n) is 4.39. The predicted octanol–water partition coefficient (Wildman–Crippen LogP) is 3.80. The fraction of sp³-hybridized carbons (Fsp3) is 0.263. The Labute approximate surface area is 155 Å². The van der Waals surface area contributed by atoms with Crippen molar-refractivity contribution >= 4 is 29.2 Å². The van der Waals surface area contributed by atoms with Crippen LogP contribution in [-0.2, 0) is 4.79 Å². The molecule has 1 amide bonds. The molecule has 0 saturated heterocycles. The smallest absolute Gasteiger partial charge is 0.335 e. The third kappa shape index (κ3) is 3.60. The summed E-state index contributed by atoms with van der Waals surface area (Å²) in [5.74, 6) is -0.889. The Bertz CT molecular complexity index is 867. The van der Waals surface area contributed by atoms with Crippen LogP contribution in [0.3, 0.4) is 0 Å². The number of rotatable bonds is 6. The van der Waals surface area contributed by atoms with Gasteiger partial charge in [0.25, 0.3) is 0 Å². The standard InChI is InChI=1S/C19H18ClNO5/c1-25-16-8-11(19(23)24)7-15(17(16)26-2)21-18(22)14-9-13(14)10-4-3-5-12(20)6-10/h3-8,13-14H,9H2,1-2H3,(H,21,22)(H,23,24). The molecule has 0 bridgehead atoms. The molecule has 136 valence electrons. The number of amides is 1. The van der Waals surface area contributed by atoms with E-state index in [1.54, 1.807) is 6.07 Å². The van der Waals surface area contributed by atoms with Gasteiger partial charge in [0.1, 0.15) is 0 Å². The van der Waals surface area contributed by atoms with Crippen LogP contribution in [0.2, 0.25) is 5.02 Å². The first-order valence-electron chi connectivity index (χ1n) is 8.00. The van der Waals surface area contributed by atoms with Crippen molar-refractivity contribution in [2.75, 3.05) is 19.5 Å². The van der Waals surface area contributed by atoms with E-state index in [1.165, 1.54) is 26.4 Å². The number of benzene rings is 2. The summed E-state index contributed by atoms with van der Waals surface area (Å²) < 4.78 is 10.5. The molecule has 26 heavy (non-hydrogen) atoms. The zero-order chi connectivity index (χ0) is 18.8. The number of carbonyl (C=O) groups is 2. The van der Waals surface area contributed by atoms with E-state index < -0.39 is 5.97 Å². The highest BCUT2D eigenvalue weighted by Gasteiger charge is 2.44. The van der Waals surface area contributed by atoms with Crippen LogP contribution in [-0.4, -0.2) is 31.2 Å². The first-order valence-corrected chi connectivity index (χ1v) is 8.38. The van der Waals surface area contributed by atoms with Crippen LogP contribution in [0.1, 0.15) is 28.3 Å². The lowest BCUT2D eigenvalue weighted by atomic mass is 10.1. The maximum absolute atomic E-state index is 12.6. The minimum Gasteiger partial charge on any atom is -0.493 e. The molecule has 0 aliphatic heterocycles. The molecule has 1 aliphatic rings. The van der Waals surface area contributed by atoms with E-state index in [9.17, 15) is 14.7 Å². The van der Waals surface area contributed by atoms with E-state index in [-0.39, 0.29) is 40.5 Å². The molecule has 6 nitrogen and oxygen atoms in total. The summed E-state index contributed by atoms with van der Waals surface area (Å²) in [6.07, 6.45) is 0.713. The SMILES string of the molecule is COc1cc(C(=O)O)cc(NC(=O)C2CC2c2cccc(Cl)c2)c1OC. The van der Waals surface area contributed by atoms with Crippen LogP contribution < -0.4 is 14.8 Å². The second kappa shape index (κ2) is 7.25. The number of anilines is 1. The summed E-state index contributed by atoms with van der Waals surface area (Å²) in [6, 6.07) is 10.2. The first kappa shape index (κ1) is 18.1. The molecule has 2 unspecified atom stereocenters. The maximum Gasteiger partial charge on any atom is 0.335 e. The Morgan fingerprint density at radius 1 is 1.19 bits per heavy atom. The Kier molecular flexibility index (Phi) is 5.04. The van der Waals surface area contributed by atoms with Crippen molar-refractivity contribution in [2.45, 2.75) is 12.3 Å². The van der Waals surface area contributed by atoms with Gasteiger partial charge < -0.3 is 19.9 Å². The Morgan fingerprint density at radius 3 is 2.58 bits per heavy atom. The Hall–Kier alpha value is -2.73. The van der Waals surface area contributed by atoms with Crippen molar-refractivity contribution in [3.05, 3.63) is 52.5 Å². The summed E-state index contributed by atoms with van der Waals surface area (Å²) in [5.41, 5.74) is 1.28. The summed E-state index contributed by atoms with van der Waals surface area (Å²) in [4.78, 5) is 23.9. The van der Waals surface area contributed by atoms with Gasteiger partial charge in [0.2, 0.25) is 5.91 Å². The van der Waals surface area contributed by atoms with Crippen LogP contribution in [0.15, 0.2) is 36.4 Å². The molecule has 0 heterocycles. The minimum atomic E-state index is -1.12. The Morgan fingerprint density at radius 2 is 1.96 bits per heavy atom. The van der Waals surface area contributed by atoms with Crippen LogP contribution in [0.25, 0.3) is 0 Å². The summed E-state index contributed by atoms with van der Waals surface area (Å²) in [7, 11) is 2.84. The molecule has 1 aliphatic carbocycles. The highest BCUT2D eigenvalue weighted by Crippen LogP contribution is 2.49. The largest absolute Gasteiger partial charge is 0.493 e. The lowest BCUT2D eigenvalue weighted by molar-refractivity contribution is -0.117. The zero-order valence-electron chi connectivity index (χ0n) is 14.3. The highest BCUT2D eigenvalue weighted by atomic mass is 35.5. The van der Waals surface area contributed by atoms with Gasteiger partial charge in [0.15, 0.2) is 11.5 Å². The molecule has 1 fully saturated rings. The van der Waals surface area contributed by atoms with Gasteiger partial charge in [-0.2, -0.15) is 0 Å². The minimum absolute atomic E-state index is 0.000128. The molecule has 0 radical (unpaired) electrons. The van der Waals surface area contributed by atoms with E-state index in [2.05, 4.69) is 5.32 Å². The number of nitrogens with one attached hydrogen (secondary N) is 1. The van der Waals surface area contributed by atoms with Crippen LogP contribution in [0.5, 0.6) is 11.5 Å². The summed E-state index contributed by atoms with van der Waals surface area (Å²) >= 11 is 6.01. The van der Waals surface area contributed by atoms with Gasteiger partial charge in [-0.25, -0.2) is 4.79 Å². The number of halogens is 1. The number of methoxy groups -OCH3 is 2. The molecule has 0 aromatic heterocycles.